The molecule has 0 N–H and O–H groups in total. The third kappa shape index (κ3) is 2.63. The van der Waals surface area contributed by atoms with Crippen molar-refractivity contribution in [2.75, 3.05) is 22.9 Å². The molecule has 1 amide bonds. The molecule has 2 aliphatic rings. The highest BCUT2D eigenvalue weighted by Gasteiger charge is 2.36. The normalized spacial score (nSPS) is 17.0. The van der Waals surface area contributed by atoms with Crippen molar-refractivity contribution in [2.24, 2.45) is 0 Å². The second-order valence-electron chi connectivity index (χ2n) is 6.43. The molecule has 1 saturated carbocycles. The van der Waals surface area contributed by atoms with Gasteiger partial charge >= 0.3 is 0 Å². The van der Waals surface area contributed by atoms with E-state index in [9.17, 15) is 4.79 Å². The number of amides is 1. The molecule has 2 heterocycles. The van der Waals surface area contributed by atoms with Crippen LogP contribution in [0.1, 0.15) is 34.7 Å². The van der Waals surface area contributed by atoms with Crippen LogP contribution >= 0.6 is 11.6 Å². The highest BCUT2D eigenvalue weighted by Crippen LogP contribution is 2.41. The molecule has 4 rings (SSSR count). The maximum absolute atomic E-state index is 13.1. The second kappa shape index (κ2) is 5.74. The fourth-order valence-electron chi connectivity index (χ4n) is 3.32. The van der Waals surface area contributed by atoms with E-state index in [0.29, 0.717) is 34.7 Å². The minimum absolute atomic E-state index is 0.0635. The largest absolute Gasteiger partial charge is 0.365 e. The Kier molecular flexibility index (Phi) is 3.68. The number of carbonyl (C=O) groups is 1. The molecule has 0 spiro atoms. The molecule has 0 radical (unpaired) electrons. The zero-order chi connectivity index (χ0) is 16.8. The molecule has 0 unspecified atom stereocenters. The molecule has 1 aliphatic carbocycles. The van der Waals surface area contributed by atoms with Gasteiger partial charge in [-0.1, -0.05) is 11.6 Å². The van der Waals surface area contributed by atoms with Crippen LogP contribution in [-0.4, -0.2) is 35.0 Å². The first-order valence-corrected chi connectivity index (χ1v) is 8.60. The topological polar surface area (TPSA) is 49.3 Å². The quantitative estimate of drug-likeness (QED) is 0.839. The van der Waals surface area contributed by atoms with E-state index in [-0.39, 0.29) is 5.91 Å². The Labute approximate surface area is 146 Å². The van der Waals surface area contributed by atoms with Crippen LogP contribution in [0.5, 0.6) is 0 Å². The van der Waals surface area contributed by atoms with E-state index in [1.165, 1.54) is 12.8 Å². The van der Waals surface area contributed by atoms with E-state index in [1.54, 1.807) is 11.1 Å². The molecule has 5 nitrogen and oxygen atoms in total. The van der Waals surface area contributed by atoms with Crippen molar-refractivity contribution in [3.63, 3.8) is 0 Å². The van der Waals surface area contributed by atoms with Crippen molar-refractivity contribution in [2.45, 2.75) is 32.7 Å². The molecule has 2 aromatic rings. The summed E-state index contributed by atoms with van der Waals surface area (Å²) in [5.74, 6) is 0.609. The molecule has 0 bridgehead atoms. The maximum Gasteiger partial charge on any atom is 0.261 e. The van der Waals surface area contributed by atoms with Crippen molar-refractivity contribution in [3.05, 3.63) is 46.5 Å². The lowest BCUT2D eigenvalue weighted by atomic mass is 10.1. The van der Waals surface area contributed by atoms with Gasteiger partial charge in [0.2, 0.25) is 0 Å². The number of aromatic nitrogens is 2. The number of hydrogen-bond donors (Lipinski definition) is 0. The van der Waals surface area contributed by atoms with Crippen molar-refractivity contribution in [1.82, 2.24) is 9.97 Å². The molecule has 24 heavy (non-hydrogen) atoms. The fraction of sp³-hybridized carbons (Fsp3) is 0.389. The van der Waals surface area contributed by atoms with Gasteiger partial charge in [0.05, 0.1) is 22.6 Å². The van der Waals surface area contributed by atoms with Crippen molar-refractivity contribution in [1.29, 1.82) is 0 Å². The smallest absolute Gasteiger partial charge is 0.261 e. The van der Waals surface area contributed by atoms with E-state index >= 15 is 0 Å². The molecule has 0 atom stereocenters. The molecular weight excluding hydrogens is 324 g/mol. The van der Waals surface area contributed by atoms with Gasteiger partial charge in [0.25, 0.3) is 5.91 Å². The van der Waals surface area contributed by atoms with Gasteiger partial charge in [-0.25, -0.2) is 9.97 Å². The van der Waals surface area contributed by atoms with Gasteiger partial charge in [0.15, 0.2) is 0 Å². The van der Waals surface area contributed by atoms with Gasteiger partial charge in [0, 0.05) is 30.4 Å². The van der Waals surface area contributed by atoms with Crippen LogP contribution in [0.25, 0.3) is 0 Å². The Morgan fingerprint density at radius 2 is 2.00 bits per heavy atom. The van der Waals surface area contributed by atoms with E-state index < -0.39 is 0 Å². The van der Waals surface area contributed by atoms with Gasteiger partial charge < -0.3 is 9.80 Å². The number of halogens is 1. The van der Waals surface area contributed by atoms with Crippen molar-refractivity contribution in [3.8, 4) is 0 Å². The summed E-state index contributed by atoms with van der Waals surface area (Å²) >= 11 is 6.21. The molecule has 0 saturated heterocycles. The van der Waals surface area contributed by atoms with Gasteiger partial charge in [0.1, 0.15) is 5.82 Å². The van der Waals surface area contributed by atoms with Crippen LogP contribution in [0, 0.1) is 13.8 Å². The number of aryl methyl sites for hydroxylation is 2. The Hall–Kier alpha value is -2.14. The van der Waals surface area contributed by atoms with Gasteiger partial charge in [-0.15, -0.1) is 0 Å². The number of anilines is 2. The first-order valence-electron chi connectivity index (χ1n) is 8.23. The van der Waals surface area contributed by atoms with Gasteiger partial charge in [-0.2, -0.15) is 0 Å². The molecule has 1 aromatic carbocycles. The lowest BCUT2D eigenvalue weighted by molar-refractivity contribution is 0.0985. The predicted octanol–water partition coefficient (Wildman–Crippen LogP) is 3.38. The molecule has 124 valence electrons. The van der Waals surface area contributed by atoms with Crippen LogP contribution in [0.3, 0.4) is 0 Å². The highest BCUT2D eigenvalue weighted by molar-refractivity contribution is 6.31. The fourth-order valence-corrected chi connectivity index (χ4v) is 3.49. The minimum atomic E-state index is -0.0635. The lowest BCUT2D eigenvalue weighted by Gasteiger charge is -2.38. The molecular formula is C18H19ClN4O. The monoisotopic (exact) mass is 342 g/mol. The van der Waals surface area contributed by atoms with E-state index in [4.69, 9.17) is 11.6 Å². The summed E-state index contributed by atoms with van der Waals surface area (Å²) in [5, 5.41) is 0.640. The average molecular weight is 343 g/mol. The van der Waals surface area contributed by atoms with Crippen molar-refractivity contribution >= 4 is 28.9 Å². The highest BCUT2D eigenvalue weighted by atomic mass is 35.5. The first kappa shape index (κ1) is 15.4. The van der Waals surface area contributed by atoms with Crippen LogP contribution in [-0.2, 0) is 0 Å². The lowest BCUT2D eigenvalue weighted by Crippen LogP contribution is -2.45. The first-order chi connectivity index (χ1) is 11.5. The Bertz CT molecular complexity index is 819. The Balaban J connectivity index is 1.74. The van der Waals surface area contributed by atoms with E-state index in [2.05, 4.69) is 14.9 Å². The molecule has 1 aliphatic heterocycles. The number of nitrogens with zero attached hydrogens (tertiary/aromatic N) is 4. The van der Waals surface area contributed by atoms with E-state index in [1.807, 2.05) is 32.0 Å². The number of hydrogen-bond acceptors (Lipinski definition) is 4. The summed E-state index contributed by atoms with van der Waals surface area (Å²) in [6.07, 6.45) is 4.07. The summed E-state index contributed by atoms with van der Waals surface area (Å²) in [5.41, 5.74) is 3.23. The Morgan fingerprint density at radius 1 is 1.21 bits per heavy atom. The Morgan fingerprint density at radius 3 is 2.71 bits per heavy atom. The third-order valence-corrected chi connectivity index (χ3v) is 4.90. The van der Waals surface area contributed by atoms with Gasteiger partial charge in [-0.3, -0.25) is 4.79 Å². The summed E-state index contributed by atoms with van der Waals surface area (Å²) < 4.78 is 0. The van der Waals surface area contributed by atoms with Crippen LogP contribution in [0.4, 0.5) is 11.4 Å². The number of carbonyl (C=O) groups excluding carboxylic acids is 1. The number of benzene rings is 1. The summed E-state index contributed by atoms with van der Waals surface area (Å²) in [6.45, 7) is 5.17. The predicted molar refractivity (Wildman–Crippen MR) is 95.0 cm³/mol. The van der Waals surface area contributed by atoms with Crippen LogP contribution < -0.4 is 9.80 Å². The summed E-state index contributed by atoms with van der Waals surface area (Å²) in [4.78, 5) is 25.8. The van der Waals surface area contributed by atoms with E-state index in [0.717, 1.165) is 17.9 Å². The average Bonchev–Trinajstić information content (AvgIpc) is 3.38. The third-order valence-electron chi connectivity index (χ3n) is 4.67. The molecule has 1 aromatic heterocycles. The molecule has 1 fully saturated rings. The minimum Gasteiger partial charge on any atom is -0.365 e. The van der Waals surface area contributed by atoms with Crippen LogP contribution in [0.2, 0.25) is 5.02 Å². The zero-order valence-electron chi connectivity index (χ0n) is 13.8. The molecule has 6 heteroatoms. The zero-order valence-corrected chi connectivity index (χ0v) is 14.5. The maximum atomic E-state index is 13.1. The van der Waals surface area contributed by atoms with Crippen molar-refractivity contribution < 1.29 is 4.79 Å². The van der Waals surface area contributed by atoms with Crippen LogP contribution in [0.15, 0.2) is 24.4 Å². The van der Waals surface area contributed by atoms with Gasteiger partial charge in [-0.05, 0) is 44.9 Å². The SMILES string of the molecule is Cc1ncc(C(=O)N2CCN(C3CC3)c3ccc(Cl)cc32)c(C)n1. The number of fused-ring (bicyclic) bond motifs is 1. The number of rotatable bonds is 2. The summed E-state index contributed by atoms with van der Waals surface area (Å²) in [6, 6.07) is 6.40. The second-order valence-corrected chi connectivity index (χ2v) is 6.87. The standard InChI is InChI=1S/C18H19ClN4O/c1-11-15(10-20-12(2)21-11)18(24)23-8-7-22(14-4-5-14)16-6-3-13(19)9-17(16)23/h3,6,9-10,14H,4-5,7-8H2,1-2H3. The summed E-state index contributed by atoms with van der Waals surface area (Å²) in [7, 11) is 0.